The van der Waals surface area contributed by atoms with Crippen LogP contribution >= 0.6 is 31.9 Å². The molecular weight excluding hydrogens is 364 g/mol. The van der Waals surface area contributed by atoms with Gasteiger partial charge in [0, 0.05) is 21.5 Å². The minimum absolute atomic E-state index is 0.00123. The average molecular weight is 380 g/mol. The van der Waals surface area contributed by atoms with Gasteiger partial charge in [0.2, 0.25) is 0 Å². The average Bonchev–Trinajstić information content (AvgIpc) is 2.23. The van der Waals surface area contributed by atoms with E-state index in [1.807, 2.05) is 30.9 Å². The molecule has 1 aromatic rings. The molecule has 1 aromatic carbocycles. The predicted octanol–water partition coefficient (Wildman–Crippen LogP) is 3.09. The van der Waals surface area contributed by atoms with E-state index < -0.39 is 5.97 Å². The van der Waals surface area contributed by atoms with E-state index in [9.17, 15) is 4.79 Å². The van der Waals surface area contributed by atoms with Gasteiger partial charge in [0.25, 0.3) is 0 Å². The second-order valence-corrected chi connectivity index (χ2v) is 6.12. The van der Waals surface area contributed by atoms with Crippen LogP contribution in [-0.4, -0.2) is 28.6 Å². The number of carboxylic acids is 1. The van der Waals surface area contributed by atoms with E-state index in [4.69, 9.17) is 10.8 Å². The molecule has 18 heavy (non-hydrogen) atoms. The van der Waals surface area contributed by atoms with Crippen molar-refractivity contribution in [2.24, 2.45) is 0 Å². The Morgan fingerprint density at radius 3 is 2.56 bits per heavy atom. The predicted molar refractivity (Wildman–Crippen MR) is 79.4 cm³/mol. The lowest BCUT2D eigenvalue weighted by molar-refractivity contribution is -0.138. The van der Waals surface area contributed by atoms with Crippen LogP contribution in [0, 0.1) is 0 Å². The molecule has 0 aliphatic carbocycles. The Morgan fingerprint density at radius 1 is 1.44 bits per heavy atom. The number of hydrogen-bond acceptors (Lipinski definition) is 3. The van der Waals surface area contributed by atoms with Crippen LogP contribution in [-0.2, 0) is 11.3 Å². The lowest BCUT2D eigenvalue weighted by atomic mass is 10.1. The number of benzene rings is 1. The van der Waals surface area contributed by atoms with E-state index in [2.05, 4.69) is 31.9 Å². The number of carbonyl (C=O) groups is 1. The number of anilines is 1. The monoisotopic (exact) mass is 378 g/mol. The molecule has 0 saturated carbocycles. The Morgan fingerprint density at radius 2 is 2.06 bits per heavy atom. The molecule has 0 fully saturated rings. The molecule has 0 bridgehead atoms. The van der Waals surface area contributed by atoms with E-state index in [0.717, 1.165) is 14.5 Å². The Balaban J connectivity index is 2.96. The van der Waals surface area contributed by atoms with Crippen molar-refractivity contribution >= 4 is 43.5 Å². The van der Waals surface area contributed by atoms with Gasteiger partial charge in [-0.1, -0.05) is 15.9 Å². The maximum atomic E-state index is 10.8. The summed E-state index contributed by atoms with van der Waals surface area (Å²) in [6.45, 7) is 4.44. The number of nitrogens with zero attached hydrogens (tertiary/aromatic N) is 1. The van der Waals surface area contributed by atoms with Crippen LogP contribution in [0.4, 0.5) is 5.69 Å². The summed E-state index contributed by atoms with van der Waals surface area (Å²) in [7, 11) is 0. The molecule has 3 N–H and O–H groups in total. The Kier molecular flexibility index (Phi) is 5.62. The third-order valence-electron chi connectivity index (χ3n) is 2.62. The van der Waals surface area contributed by atoms with Crippen LogP contribution < -0.4 is 5.73 Å². The van der Waals surface area contributed by atoms with Crippen molar-refractivity contribution in [2.45, 2.75) is 26.4 Å². The quantitative estimate of drug-likeness (QED) is 0.771. The first-order chi connectivity index (χ1) is 8.31. The van der Waals surface area contributed by atoms with Crippen LogP contribution in [0.5, 0.6) is 0 Å². The fourth-order valence-electron chi connectivity index (χ4n) is 1.58. The Hall–Kier alpha value is -0.590. The number of rotatable bonds is 5. The normalized spacial score (nSPS) is 11.2. The van der Waals surface area contributed by atoms with Gasteiger partial charge in [0.1, 0.15) is 0 Å². The fraction of sp³-hybridized carbons (Fsp3) is 0.417. The van der Waals surface area contributed by atoms with Crippen molar-refractivity contribution in [3.8, 4) is 0 Å². The van der Waals surface area contributed by atoms with Gasteiger partial charge in [-0.05, 0) is 47.5 Å². The standard InChI is InChI=1S/C12H16Br2N2O2/c1-7(2)16(6-11(17)18)5-8-3-9(13)4-10(14)12(8)15/h3-4,7H,5-6,15H2,1-2H3,(H,17,18). The second kappa shape index (κ2) is 6.54. The number of nitrogens with two attached hydrogens (primary N) is 1. The SMILES string of the molecule is CC(C)N(CC(=O)O)Cc1cc(Br)cc(Br)c1N. The smallest absolute Gasteiger partial charge is 0.317 e. The first-order valence-electron chi connectivity index (χ1n) is 5.50. The van der Waals surface area contributed by atoms with E-state index in [1.54, 1.807) is 0 Å². The van der Waals surface area contributed by atoms with E-state index in [1.165, 1.54) is 0 Å². The molecule has 6 heteroatoms. The summed E-state index contributed by atoms with van der Waals surface area (Å²) in [4.78, 5) is 12.7. The van der Waals surface area contributed by atoms with Gasteiger partial charge in [-0.3, -0.25) is 9.69 Å². The van der Waals surface area contributed by atoms with Crippen LogP contribution in [0.25, 0.3) is 0 Å². The zero-order chi connectivity index (χ0) is 13.9. The first-order valence-corrected chi connectivity index (χ1v) is 7.09. The van der Waals surface area contributed by atoms with Crippen molar-refractivity contribution in [1.29, 1.82) is 0 Å². The van der Waals surface area contributed by atoms with Crippen LogP contribution in [0.15, 0.2) is 21.1 Å². The van der Waals surface area contributed by atoms with Gasteiger partial charge in [-0.2, -0.15) is 0 Å². The maximum Gasteiger partial charge on any atom is 0.317 e. The number of aliphatic carboxylic acids is 1. The highest BCUT2D eigenvalue weighted by Crippen LogP contribution is 2.29. The zero-order valence-corrected chi connectivity index (χ0v) is 13.5. The first kappa shape index (κ1) is 15.5. The van der Waals surface area contributed by atoms with Gasteiger partial charge >= 0.3 is 5.97 Å². The van der Waals surface area contributed by atoms with E-state index in [-0.39, 0.29) is 12.6 Å². The van der Waals surface area contributed by atoms with E-state index in [0.29, 0.717) is 12.2 Å². The lowest BCUT2D eigenvalue weighted by Crippen LogP contribution is -2.35. The molecule has 0 aromatic heterocycles. The third-order valence-corrected chi connectivity index (χ3v) is 3.74. The minimum Gasteiger partial charge on any atom is -0.480 e. The zero-order valence-electron chi connectivity index (χ0n) is 10.3. The summed E-state index contributed by atoms with van der Waals surface area (Å²) in [6.07, 6.45) is 0. The maximum absolute atomic E-state index is 10.8. The lowest BCUT2D eigenvalue weighted by Gasteiger charge is -2.25. The summed E-state index contributed by atoms with van der Waals surface area (Å²) in [5.74, 6) is -0.837. The topological polar surface area (TPSA) is 66.6 Å². The largest absolute Gasteiger partial charge is 0.480 e. The van der Waals surface area contributed by atoms with Crippen LogP contribution in [0.2, 0.25) is 0 Å². The van der Waals surface area contributed by atoms with Crippen molar-refractivity contribution < 1.29 is 9.90 Å². The number of carboxylic acid groups (broad SMARTS) is 1. The summed E-state index contributed by atoms with van der Waals surface area (Å²) < 4.78 is 1.73. The third kappa shape index (κ3) is 4.26. The second-order valence-electron chi connectivity index (χ2n) is 4.35. The highest BCUT2D eigenvalue weighted by atomic mass is 79.9. The minimum atomic E-state index is -0.837. The van der Waals surface area contributed by atoms with Gasteiger partial charge in [0.05, 0.1) is 12.2 Å². The molecule has 0 aliphatic rings. The fourth-order valence-corrected chi connectivity index (χ4v) is 2.90. The molecule has 0 saturated heterocycles. The number of halogens is 2. The van der Waals surface area contributed by atoms with Crippen LogP contribution in [0.1, 0.15) is 19.4 Å². The van der Waals surface area contributed by atoms with Crippen LogP contribution in [0.3, 0.4) is 0 Å². The van der Waals surface area contributed by atoms with Crippen molar-refractivity contribution in [3.63, 3.8) is 0 Å². The molecule has 0 spiro atoms. The molecule has 0 heterocycles. The molecular formula is C12H16Br2N2O2. The van der Waals surface area contributed by atoms with Gasteiger partial charge < -0.3 is 10.8 Å². The highest BCUT2D eigenvalue weighted by Gasteiger charge is 2.16. The van der Waals surface area contributed by atoms with E-state index >= 15 is 0 Å². The number of hydrogen-bond donors (Lipinski definition) is 2. The molecule has 4 nitrogen and oxygen atoms in total. The van der Waals surface area contributed by atoms with Gasteiger partial charge in [-0.25, -0.2) is 0 Å². The number of nitrogen functional groups attached to an aromatic ring is 1. The Labute approximate surface area is 123 Å². The molecule has 1 rings (SSSR count). The molecule has 0 unspecified atom stereocenters. The summed E-state index contributed by atoms with van der Waals surface area (Å²) >= 11 is 6.79. The summed E-state index contributed by atoms with van der Waals surface area (Å²) in [5.41, 5.74) is 7.54. The molecule has 0 amide bonds. The van der Waals surface area contributed by atoms with Crippen molar-refractivity contribution in [2.75, 3.05) is 12.3 Å². The molecule has 0 atom stereocenters. The molecule has 100 valence electrons. The van der Waals surface area contributed by atoms with Crippen molar-refractivity contribution in [3.05, 3.63) is 26.6 Å². The summed E-state index contributed by atoms with van der Waals surface area (Å²) in [6, 6.07) is 3.92. The van der Waals surface area contributed by atoms with Gasteiger partial charge in [0.15, 0.2) is 0 Å². The summed E-state index contributed by atoms with van der Waals surface area (Å²) in [5, 5.41) is 8.90. The highest BCUT2D eigenvalue weighted by molar-refractivity contribution is 9.11. The van der Waals surface area contributed by atoms with Gasteiger partial charge in [-0.15, -0.1) is 0 Å². The molecule has 0 radical (unpaired) electrons. The Bertz CT molecular complexity index is 450. The molecule has 0 aliphatic heterocycles. The van der Waals surface area contributed by atoms with Crippen molar-refractivity contribution in [1.82, 2.24) is 4.90 Å².